The molecule has 10 nitrogen and oxygen atoms in total. The van der Waals surface area contributed by atoms with Crippen LogP contribution in [0.15, 0.2) is 40.1 Å². The van der Waals surface area contributed by atoms with Gasteiger partial charge in [0.05, 0.1) is 31.0 Å². The first-order valence-electron chi connectivity index (χ1n) is 9.46. The molecule has 0 radical (unpaired) electrons. The minimum absolute atomic E-state index is 0.0173. The minimum Gasteiger partial charge on any atom is -0.487 e. The maximum atomic E-state index is 14.3. The molecule has 11 heteroatoms. The minimum atomic E-state index is -0.568. The maximum Gasteiger partial charge on any atom is 0.415 e. The Hall–Kier alpha value is -3.47. The number of hydrogen-bond acceptors (Lipinski definition) is 8. The van der Waals surface area contributed by atoms with Gasteiger partial charge in [-0.2, -0.15) is 0 Å². The quantitative estimate of drug-likeness (QED) is 0.626. The molecule has 4 rings (SSSR count). The molecule has 0 aliphatic carbocycles. The Morgan fingerprint density at radius 2 is 2.27 bits per heavy atom. The van der Waals surface area contributed by atoms with Crippen molar-refractivity contribution >= 4 is 23.3 Å². The summed E-state index contributed by atoms with van der Waals surface area (Å²) in [5, 5.41) is 6.20. The molecular formula is C19H21FN6O4. The number of aromatic nitrogens is 2. The largest absolute Gasteiger partial charge is 0.487 e. The number of carbonyl (C=O) groups excluding carboxylic acids is 1. The summed E-state index contributed by atoms with van der Waals surface area (Å²) in [6.07, 6.45) is 3.71. The molecule has 0 unspecified atom stereocenters. The summed E-state index contributed by atoms with van der Waals surface area (Å²) in [5.74, 6) is 0.0251. The van der Waals surface area contributed by atoms with Crippen molar-refractivity contribution in [3.8, 4) is 5.75 Å². The molecule has 1 amide bonds. The van der Waals surface area contributed by atoms with Crippen molar-refractivity contribution in [3.63, 3.8) is 0 Å². The molecule has 1 aromatic carbocycles. The molecule has 30 heavy (non-hydrogen) atoms. The van der Waals surface area contributed by atoms with Crippen LogP contribution >= 0.6 is 0 Å². The number of nitrogens with zero attached hydrogens (tertiary/aromatic N) is 4. The summed E-state index contributed by atoms with van der Waals surface area (Å²) in [7, 11) is 1.54. The number of halogens is 1. The zero-order chi connectivity index (χ0) is 21.1. The highest BCUT2D eigenvalue weighted by Crippen LogP contribution is 2.26. The summed E-state index contributed by atoms with van der Waals surface area (Å²) in [5.41, 5.74) is 0.421. The number of aryl methyl sites for hydroxylation is 1. The number of aliphatic imine (C=N–C) groups is 1. The van der Waals surface area contributed by atoms with E-state index in [1.54, 1.807) is 19.5 Å². The third-order valence-corrected chi connectivity index (χ3v) is 4.78. The lowest BCUT2D eigenvalue weighted by atomic mass is 10.2. The maximum absolute atomic E-state index is 14.3. The second-order valence-electron chi connectivity index (χ2n) is 6.80. The van der Waals surface area contributed by atoms with Gasteiger partial charge in [-0.25, -0.2) is 14.2 Å². The average molecular weight is 416 g/mol. The molecule has 0 bridgehead atoms. The highest BCUT2D eigenvalue weighted by Gasteiger charge is 2.33. The van der Waals surface area contributed by atoms with E-state index in [-0.39, 0.29) is 24.0 Å². The van der Waals surface area contributed by atoms with E-state index < -0.39 is 11.9 Å². The zero-order valence-electron chi connectivity index (χ0n) is 16.3. The first kappa shape index (κ1) is 19.8. The monoisotopic (exact) mass is 416 g/mol. The van der Waals surface area contributed by atoms with Crippen LogP contribution in [0.5, 0.6) is 5.75 Å². The van der Waals surface area contributed by atoms with E-state index >= 15 is 0 Å². The summed E-state index contributed by atoms with van der Waals surface area (Å²) in [4.78, 5) is 33.4. The fourth-order valence-corrected chi connectivity index (χ4v) is 3.27. The number of nitrogens with one attached hydrogen (secondary N) is 2. The van der Waals surface area contributed by atoms with Crippen molar-refractivity contribution < 1.29 is 18.7 Å². The van der Waals surface area contributed by atoms with E-state index in [0.29, 0.717) is 43.0 Å². The van der Waals surface area contributed by atoms with Gasteiger partial charge in [0.25, 0.3) is 5.56 Å². The zero-order valence-corrected chi connectivity index (χ0v) is 16.3. The van der Waals surface area contributed by atoms with Crippen LogP contribution in [0.1, 0.15) is 0 Å². The van der Waals surface area contributed by atoms with Crippen molar-refractivity contribution in [2.75, 3.05) is 32.8 Å². The molecular weight excluding hydrogens is 395 g/mol. The van der Waals surface area contributed by atoms with E-state index in [0.717, 1.165) is 0 Å². The van der Waals surface area contributed by atoms with E-state index in [9.17, 15) is 14.0 Å². The first-order valence-corrected chi connectivity index (χ1v) is 9.46. The summed E-state index contributed by atoms with van der Waals surface area (Å²) in [6, 6.07) is 2.75. The molecule has 0 spiro atoms. The van der Waals surface area contributed by atoms with Crippen LogP contribution in [0, 0.1) is 5.82 Å². The summed E-state index contributed by atoms with van der Waals surface area (Å²) < 4.78 is 26.5. The summed E-state index contributed by atoms with van der Waals surface area (Å²) >= 11 is 0. The molecule has 3 heterocycles. The molecule has 158 valence electrons. The molecule has 2 aromatic rings. The number of hydrogen-bond donors (Lipinski definition) is 2. The Balaban J connectivity index is 1.30. The second-order valence-corrected chi connectivity index (χ2v) is 6.80. The van der Waals surface area contributed by atoms with Crippen molar-refractivity contribution in [3.05, 3.63) is 46.5 Å². The lowest BCUT2D eigenvalue weighted by Crippen LogP contribution is -2.36. The van der Waals surface area contributed by atoms with Crippen LogP contribution in [0.2, 0.25) is 0 Å². The number of cyclic esters (lactones) is 1. The fraction of sp³-hybridized carbons (Fsp3) is 0.368. The van der Waals surface area contributed by atoms with Crippen molar-refractivity contribution in [2.45, 2.75) is 6.10 Å². The lowest BCUT2D eigenvalue weighted by Gasteiger charge is -2.19. The molecule has 2 aliphatic heterocycles. The van der Waals surface area contributed by atoms with Gasteiger partial charge in [-0.15, -0.1) is 0 Å². The van der Waals surface area contributed by atoms with Crippen LogP contribution in [0.3, 0.4) is 0 Å². The topological polar surface area (TPSA) is 110 Å². The number of amides is 1. The molecule has 1 saturated heterocycles. The second kappa shape index (κ2) is 8.49. The van der Waals surface area contributed by atoms with Crippen LogP contribution in [0.4, 0.5) is 9.18 Å². The molecule has 1 atom stereocenters. The number of carbonyl (C=O) groups is 1. The van der Waals surface area contributed by atoms with Gasteiger partial charge in [0.1, 0.15) is 24.0 Å². The van der Waals surface area contributed by atoms with E-state index in [1.807, 2.05) is 0 Å². The molecule has 1 fully saturated rings. The van der Waals surface area contributed by atoms with Gasteiger partial charge >= 0.3 is 6.09 Å². The molecule has 0 saturated carbocycles. The van der Waals surface area contributed by atoms with Gasteiger partial charge in [0, 0.05) is 26.4 Å². The van der Waals surface area contributed by atoms with Gasteiger partial charge < -0.3 is 24.7 Å². The van der Waals surface area contributed by atoms with E-state index in [2.05, 4.69) is 20.6 Å². The predicted molar refractivity (Wildman–Crippen MR) is 107 cm³/mol. The molecule has 2 aliphatic rings. The highest BCUT2D eigenvalue weighted by molar-refractivity contribution is 5.81. The smallest absolute Gasteiger partial charge is 0.415 e. The Bertz CT molecular complexity index is 1080. The number of benzene rings is 1. The third-order valence-electron chi connectivity index (χ3n) is 4.78. The van der Waals surface area contributed by atoms with Crippen molar-refractivity contribution in [1.82, 2.24) is 25.1 Å². The molecule has 2 N–H and O–H groups in total. The van der Waals surface area contributed by atoms with Gasteiger partial charge in [-0.3, -0.25) is 14.7 Å². The van der Waals surface area contributed by atoms with Crippen molar-refractivity contribution in [1.29, 1.82) is 0 Å². The van der Waals surface area contributed by atoms with Crippen LogP contribution in [-0.2, 0) is 11.8 Å². The number of fused-ring (bicyclic) bond motifs is 1. The Morgan fingerprint density at radius 1 is 1.40 bits per heavy atom. The Morgan fingerprint density at radius 3 is 3.07 bits per heavy atom. The Kier molecular flexibility index (Phi) is 5.61. The van der Waals surface area contributed by atoms with Gasteiger partial charge in [-0.05, 0) is 12.1 Å². The van der Waals surface area contributed by atoms with Gasteiger partial charge in [0.15, 0.2) is 11.6 Å². The normalized spacial score (nSPS) is 18.3. The van der Waals surface area contributed by atoms with Gasteiger partial charge in [-0.1, -0.05) is 0 Å². The van der Waals surface area contributed by atoms with Crippen LogP contribution in [0.25, 0.3) is 11.0 Å². The van der Waals surface area contributed by atoms with E-state index in [4.69, 9.17) is 9.47 Å². The highest BCUT2D eigenvalue weighted by atomic mass is 19.1. The SMILES string of the molecule is Cn1c(=O)cnc2ccc(F)c(OCCNC[C@@H]3CN(C4=CN=CCN4)C(=O)O3)c21. The third kappa shape index (κ3) is 3.96. The lowest BCUT2D eigenvalue weighted by molar-refractivity contribution is 0.133. The predicted octanol–water partition coefficient (Wildman–Crippen LogP) is 0.335. The standard InChI is InChI=1S/C19H21FN6O4/c1-25-16(27)10-24-14-3-2-13(20)18(17(14)25)29-7-6-22-8-12-11-26(19(28)30-12)15-9-21-4-5-23-15/h2-4,9-10,12,22-23H,5-8,11H2,1H3/t12-/m1/s1. The first-order chi connectivity index (χ1) is 14.5. The Labute approximate surface area is 171 Å². The fourth-order valence-electron chi connectivity index (χ4n) is 3.27. The van der Waals surface area contributed by atoms with Crippen LogP contribution < -0.4 is 20.9 Å². The van der Waals surface area contributed by atoms with Gasteiger partial charge in [0.2, 0.25) is 0 Å². The number of rotatable bonds is 7. The summed E-state index contributed by atoms with van der Waals surface area (Å²) in [6.45, 7) is 1.92. The van der Waals surface area contributed by atoms with E-state index in [1.165, 1.54) is 27.8 Å². The van der Waals surface area contributed by atoms with Crippen LogP contribution in [-0.4, -0.2) is 65.6 Å². The molecule has 1 aromatic heterocycles. The van der Waals surface area contributed by atoms with Crippen molar-refractivity contribution in [2.24, 2.45) is 12.0 Å². The number of ether oxygens (including phenoxy) is 2. The average Bonchev–Trinajstić information content (AvgIpc) is 3.13.